The molecule has 0 amide bonds. The van der Waals surface area contributed by atoms with E-state index in [0.717, 1.165) is 35.1 Å². The number of piperidine rings is 1. The van der Waals surface area contributed by atoms with Crippen LogP contribution in [-0.2, 0) is 6.54 Å². The van der Waals surface area contributed by atoms with Gasteiger partial charge in [0.1, 0.15) is 5.76 Å². The monoisotopic (exact) mass is 304 g/mol. The second-order valence-electron chi connectivity index (χ2n) is 5.84. The summed E-state index contributed by atoms with van der Waals surface area (Å²) in [5, 5.41) is 0.726. The standard InChI is InChI=1S/C17H21ClN2O/c1-12-5-3-4-10-20(12)11-16-13(2)21-17(19-16)14-6-8-15(18)9-7-14/h6-9,12H,3-5,10-11H2,1-2H3/t12-/m1/s1. The molecule has 1 fully saturated rings. The van der Waals surface area contributed by atoms with Gasteiger partial charge < -0.3 is 4.42 Å². The molecule has 1 saturated heterocycles. The molecule has 0 bridgehead atoms. The van der Waals surface area contributed by atoms with Crippen LogP contribution in [0, 0.1) is 6.92 Å². The molecule has 1 aromatic carbocycles. The van der Waals surface area contributed by atoms with Crippen molar-refractivity contribution in [2.45, 2.75) is 45.7 Å². The summed E-state index contributed by atoms with van der Waals surface area (Å²) < 4.78 is 5.84. The fourth-order valence-corrected chi connectivity index (χ4v) is 3.00. The summed E-state index contributed by atoms with van der Waals surface area (Å²) in [6.07, 6.45) is 3.90. The number of aromatic nitrogens is 1. The van der Waals surface area contributed by atoms with Gasteiger partial charge in [0, 0.05) is 23.2 Å². The van der Waals surface area contributed by atoms with E-state index in [1.807, 2.05) is 31.2 Å². The van der Waals surface area contributed by atoms with Crippen molar-refractivity contribution in [3.05, 3.63) is 40.7 Å². The van der Waals surface area contributed by atoms with Crippen molar-refractivity contribution in [2.24, 2.45) is 0 Å². The van der Waals surface area contributed by atoms with Crippen LogP contribution >= 0.6 is 11.6 Å². The first-order valence-electron chi connectivity index (χ1n) is 7.60. The maximum Gasteiger partial charge on any atom is 0.226 e. The number of likely N-dealkylation sites (tertiary alicyclic amines) is 1. The average molecular weight is 305 g/mol. The SMILES string of the molecule is Cc1oc(-c2ccc(Cl)cc2)nc1CN1CCCC[C@H]1C. The molecule has 1 atom stereocenters. The zero-order valence-electron chi connectivity index (χ0n) is 12.6. The molecule has 2 aromatic rings. The van der Waals surface area contributed by atoms with Crippen molar-refractivity contribution in [1.82, 2.24) is 9.88 Å². The van der Waals surface area contributed by atoms with Gasteiger partial charge in [-0.1, -0.05) is 18.0 Å². The van der Waals surface area contributed by atoms with Crippen LogP contribution in [0.4, 0.5) is 0 Å². The predicted octanol–water partition coefficient (Wildman–Crippen LogP) is 4.68. The van der Waals surface area contributed by atoms with E-state index < -0.39 is 0 Å². The van der Waals surface area contributed by atoms with Crippen LogP contribution in [-0.4, -0.2) is 22.5 Å². The molecule has 0 spiro atoms. The van der Waals surface area contributed by atoms with E-state index in [9.17, 15) is 0 Å². The summed E-state index contributed by atoms with van der Waals surface area (Å²) in [6.45, 7) is 6.33. The van der Waals surface area contributed by atoms with Gasteiger partial charge in [-0.05, 0) is 57.5 Å². The number of aryl methyl sites for hydroxylation is 1. The number of hydrogen-bond donors (Lipinski definition) is 0. The van der Waals surface area contributed by atoms with E-state index in [4.69, 9.17) is 16.0 Å². The highest BCUT2D eigenvalue weighted by Gasteiger charge is 2.21. The quantitative estimate of drug-likeness (QED) is 0.824. The Kier molecular flexibility index (Phi) is 4.32. The molecule has 3 nitrogen and oxygen atoms in total. The smallest absolute Gasteiger partial charge is 0.226 e. The van der Waals surface area contributed by atoms with Gasteiger partial charge in [0.05, 0.1) is 5.69 Å². The van der Waals surface area contributed by atoms with Crippen molar-refractivity contribution in [3.8, 4) is 11.5 Å². The molecule has 0 radical (unpaired) electrons. The lowest BCUT2D eigenvalue weighted by Crippen LogP contribution is -2.37. The van der Waals surface area contributed by atoms with Crippen molar-refractivity contribution >= 4 is 11.6 Å². The summed E-state index contributed by atoms with van der Waals surface area (Å²) in [4.78, 5) is 7.19. The number of benzene rings is 1. The second-order valence-corrected chi connectivity index (χ2v) is 6.28. The van der Waals surface area contributed by atoms with E-state index in [2.05, 4.69) is 16.8 Å². The Hall–Kier alpha value is -1.32. The molecule has 1 aromatic heterocycles. The molecule has 0 saturated carbocycles. The Labute approximate surface area is 130 Å². The summed E-state index contributed by atoms with van der Waals surface area (Å²) in [7, 11) is 0. The highest BCUT2D eigenvalue weighted by molar-refractivity contribution is 6.30. The first kappa shape index (κ1) is 14.6. The maximum absolute atomic E-state index is 5.92. The summed E-state index contributed by atoms with van der Waals surface area (Å²) >= 11 is 5.92. The van der Waals surface area contributed by atoms with Crippen LogP contribution in [0.3, 0.4) is 0 Å². The van der Waals surface area contributed by atoms with E-state index in [0.29, 0.717) is 11.9 Å². The minimum absolute atomic E-state index is 0.633. The first-order chi connectivity index (χ1) is 10.1. The summed E-state index contributed by atoms with van der Waals surface area (Å²) in [5.41, 5.74) is 2.02. The Balaban J connectivity index is 1.79. The third kappa shape index (κ3) is 3.30. The van der Waals surface area contributed by atoms with Gasteiger partial charge in [0.2, 0.25) is 5.89 Å². The molecule has 112 valence electrons. The molecular weight excluding hydrogens is 284 g/mol. The second kappa shape index (κ2) is 6.20. The minimum Gasteiger partial charge on any atom is -0.441 e. The maximum atomic E-state index is 5.92. The van der Waals surface area contributed by atoms with Crippen molar-refractivity contribution in [2.75, 3.05) is 6.54 Å². The molecule has 2 heterocycles. The zero-order chi connectivity index (χ0) is 14.8. The van der Waals surface area contributed by atoms with Crippen LogP contribution in [0.25, 0.3) is 11.5 Å². The van der Waals surface area contributed by atoms with Crippen molar-refractivity contribution in [3.63, 3.8) is 0 Å². The van der Waals surface area contributed by atoms with Crippen molar-refractivity contribution in [1.29, 1.82) is 0 Å². The Morgan fingerprint density at radius 3 is 2.76 bits per heavy atom. The van der Waals surface area contributed by atoms with Crippen LogP contribution in [0.2, 0.25) is 5.02 Å². The third-order valence-electron chi connectivity index (χ3n) is 4.28. The largest absolute Gasteiger partial charge is 0.441 e. The molecule has 1 aliphatic rings. The topological polar surface area (TPSA) is 29.3 Å². The highest BCUT2D eigenvalue weighted by Crippen LogP contribution is 2.25. The molecule has 3 rings (SSSR count). The van der Waals surface area contributed by atoms with E-state index in [1.54, 1.807) is 0 Å². The highest BCUT2D eigenvalue weighted by atomic mass is 35.5. The van der Waals surface area contributed by atoms with Gasteiger partial charge in [-0.2, -0.15) is 0 Å². The van der Waals surface area contributed by atoms with Gasteiger partial charge in [0.15, 0.2) is 0 Å². The number of hydrogen-bond acceptors (Lipinski definition) is 3. The lowest BCUT2D eigenvalue weighted by Gasteiger charge is -2.32. The fourth-order valence-electron chi connectivity index (χ4n) is 2.88. The molecule has 1 aliphatic heterocycles. The molecule has 21 heavy (non-hydrogen) atoms. The van der Waals surface area contributed by atoms with Gasteiger partial charge in [-0.25, -0.2) is 4.98 Å². The summed E-state index contributed by atoms with van der Waals surface area (Å²) in [6, 6.07) is 8.25. The van der Waals surface area contributed by atoms with Crippen LogP contribution in [0.1, 0.15) is 37.6 Å². The zero-order valence-corrected chi connectivity index (χ0v) is 13.4. The first-order valence-corrected chi connectivity index (χ1v) is 7.97. The Bertz CT molecular complexity index is 606. The predicted molar refractivity (Wildman–Crippen MR) is 85.4 cm³/mol. The van der Waals surface area contributed by atoms with Crippen LogP contribution < -0.4 is 0 Å². The van der Waals surface area contributed by atoms with Crippen molar-refractivity contribution < 1.29 is 4.42 Å². The Morgan fingerprint density at radius 1 is 1.29 bits per heavy atom. The molecule has 0 unspecified atom stereocenters. The lowest BCUT2D eigenvalue weighted by atomic mass is 10.0. The van der Waals surface area contributed by atoms with E-state index >= 15 is 0 Å². The number of nitrogens with zero attached hydrogens (tertiary/aromatic N) is 2. The number of oxazole rings is 1. The lowest BCUT2D eigenvalue weighted by molar-refractivity contribution is 0.150. The van der Waals surface area contributed by atoms with Crippen LogP contribution in [0.5, 0.6) is 0 Å². The number of rotatable bonds is 3. The molecular formula is C17H21ClN2O. The molecule has 0 N–H and O–H groups in total. The van der Waals surface area contributed by atoms with Gasteiger partial charge in [-0.15, -0.1) is 0 Å². The van der Waals surface area contributed by atoms with Crippen LogP contribution in [0.15, 0.2) is 28.7 Å². The average Bonchev–Trinajstić information content (AvgIpc) is 2.83. The van der Waals surface area contributed by atoms with Gasteiger partial charge in [0.25, 0.3) is 0 Å². The summed E-state index contributed by atoms with van der Waals surface area (Å²) in [5.74, 6) is 1.60. The van der Waals surface area contributed by atoms with Gasteiger partial charge in [-0.3, -0.25) is 4.90 Å². The molecule has 0 aliphatic carbocycles. The minimum atomic E-state index is 0.633. The van der Waals surface area contributed by atoms with E-state index in [1.165, 1.54) is 19.3 Å². The van der Waals surface area contributed by atoms with E-state index in [-0.39, 0.29) is 0 Å². The normalized spacial score (nSPS) is 19.9. The Morgan fingerprint density at radius 2 is 2.05 bits per heavy atom. The van der Waals surface area contributed by atoms with Gasteiger partial charge >= 0.3 is 0 Å². The third-order valence-corrected chi connectivity index (χ3v) is 4.53. The fraction of sp³-hybridized carbons (Fsp3) is 0.471. The number of halogens is 1. The molecule has 4 heteroatoms.